The standard InChI is InChI=1S/C20H21FN4/c1-14(2)23-19-12-18(22-13-15-8-10-17(21)11-9-15)24-20(25-19)16-6-4-3-5-7-16/h3-12,14H,13H2,1-2H3,(H2,22,23,24,25). The van der Waals surface area contributed by atoms with Crippen LogP contribution in [0.2, 0.25) is 0 Å². The normalized spacial score (nSPS) is 10.7. The summed E-state index contributed by atoms with van der Waals surface area (Å²) in [4.78, 5) is 9.21. The van der Waals surface area contributed by atoms with Crippen LogP contribution >= 0.6 is 0 Å². The lowest BCUT2D eigenvalue weighted by atomic mass is 10.2. The molecular formula is C20H21FN4. The van der Waals surface area contributed by atoms with Gasteiger partial charge < -0.3 is 10.6 Å². The third-order valence-electron chi connectivity index (χ3n) is 3.58. The van der Waals surface area contributed by atoms with Gasteiger partial charge in [-0.25, -0.2) is 14.4 Å². The van der Waals surface area contributed by atoms with E-state index in [9.17, 15) is 4.39 Å². The Balaban J connectivity index is 1.85. The molecule has 0 saturated heterocycles. The Morgan fingerprint density at radius 1 is 0.920 bits per heavy atom. The maximum absolute atomic E-state index is 13.0. The first-order valence-electron chi connectivity index (χ1n) is 8.29. The molecule has 0 amide bonds. The summed E-state index contributed by atoms with van der Waals surface area (Å²) in [5.41, 5.74) is 1.94. The fourth-order valence-electron chi connectivity index (χ4n) is 2.42. The molecule has 0 aliphatic rings. The Morgan fingerprint density at radius 2 is 1.60 bits per heavy atom. The summed E-state index contributed by atoms with van der Waals surface area (Å²) in [5.74, 6) is 1.92. The van der Waals surface area contributed by atoms with E-state index in [1.807, 2.05) is 36.4 Å². The van der Waals surface area contributed by atoms with Crippen molar-refractivity contribution in [2.45, 2.75) is 26.4 Å². The quantitative estimate of drug-likeness (QED) is 0.684. The highest BCUT2D eigenvalue weighted by molar-refractivity contribution is 5.61. The molecule has 0 spiro atoms. The molecule has 3 rings (SSSR count). The molecule has 2 N–H and O–H groups in total. The molecule has 0 fully saturated rings. The molecule has 25 heavy (non-hydrogen) atoms. The van der Waals surface area contributed by atoms with Crippen LogP contribution in [0.4, 0.5) is 16.0 Å². The van der Waals surface area contributed by atoms with Gasteiger partial charge in [-0.3, -0.25) is 0 Å². The van der Waals surface area contributed by atoms with Gasteiger partial charge in [0.05, 0.1) is 0 Å². The maximum atomic E-state index is 13.0. The summed E-state index contributed by atoms with van der Waals surface area (Å²) >= 11 is 0. The number of nitrogens with one attached hydrogen (secondary N) is 2. The number of nitrogens with zero attached hydrogens (tertiary/aromatic N) is 2. The van der Waals surface area contributed by atoms with Crippen LogP contribution in [0.5, 0.6) is 0 Å². The van der Waals surface area contributed by atoms with Gasteiger partial charge in [-0.1, -0.05) is 42.5 Å². The van der Waals surface area contributed by atoms with Gasteiger partial charge in [-0.05, 0) is 31.5 Å². The SMILES string of the molecule is CC(C)Nc1cc(NCc2ccc(F)cc2)nc(-c2ccccc2)n1. The van der Waals surface area contributed by atoms with E-state index in [0.717, 1.165) is 22.8 Å². The average molecular weight is 336 g/mol. The zero-order valence-corrected chi connectivity index (χ0v) is 14.3. The number of benzene rings is 2. The highest BCUT2D eigenvalue weighted by Crippen LogP contribution is 2.21. The highest BCUT2D eigenvalue weighted by atomic mass is 19.1. The number of halogens is 1. The molecule has 0 unspecified atom stereocenters. The van der Waals surface area contributed by atoms with Gasteiger partial charge in [0.1, 0.15) is 17.5 Å². The Labute approximate surface area is 147 Å². The number of hydrogen-bond acceptors (Lipinski definition) is 4. The topological polar surface area (TPSA) is 49.8 Å². The Hall–Kier alpha value is -2.95. The van der Waals surface area contributed by atoms with Gasteiger partial charge in [-0.2, -0.15) is 0 Å². The van der Waals surface area contributed by atoms with E-state index >= 15 is 0 Å². The zero-order chi connectivity index (χ0) is 17.6. The first-order valence-corrected chi connectivity index (χ1v) is 8.29. The van der Waals surface area contributed by atoms with Crippen LogP contribution in [0.1, 0.15) is 19.4 Å². The van der Waals surface area contributed by atoms with E-state index in [1.54, 1.807) is 12.1 Å². The van der Waals surface area contributed by atoms with Gasteiger partial charge in [-0.15, -0.1) is 0 Å². The van der Waals surface area contributed by atoms with Gasteiger partial charge in [0.15, 0.2) is 5.82 Å². The van der Waals surface area contributed by atoms with Crippen molar-refractivity contribution >= 4 is 11.6 Å². The van der Waals surface area contributed by atoms with E-state index in [2.05, 4.69) is 34.4 Å². The molecule has 3 aromatic rings. The minimum absolute atomic E-state index is 0.236. The third-order valence-corrected chi connectivity index (χ3v) is 3.58. The van der Waals surface area contributed by atoms with Crippen LogP contribution in [0.15, 0.2) is 60.7 Å². The lowest BCUT2D eigenvalue weighted by Crippen LogP contribution is -2.13. The lowest BCUT2D eigenvalue weighted by Gasteiger charge is -2.13. The van der Waals surface area contributed by atoms with Crippen molar-refractivity contribution in [3.63, 3.8) is 0 Å². The van der Waals surface area contributed by atoms with Crippen molar-refractivity contribution in [1.82, 2.24) is 9.97 Å². The van der Waals surface area contributed by atoms with Crippen LogP contribution in [-0.2, 0) is 6.54 Å². The number of anilines is 2. The summed E-state index contributed by atoms with van der Waals surface area (Å²) in [6.07, 6.45) is 0. The molecule has 1 aromatic heterocycles. The monoisotopic (exact) mass is 336 g/mol. The molecule has 0 saturated carbocycles. The molecule has 4 nitrogen and oxygen atoms in total. The van der Waals surface area contributed by atoms with Crippen LogP contribution in [-0.4, -0.2) is 16.0 Å². The second-order valence-corrected chi connectivity index (χ2v) is 6.11. The second kappa shape index (κ2) is 7.75. The molecule has 2 aromatic carbocycles. The minimum Gasteiger partial charge on any atom is -0.368 e. The van der Waals surface area contributed by atoms with Crippen LogP contribution in [0, 0.1) is 5.82 Å². The van der Waals surface area contributed by atoms with Gasteiger partial charge in [0, 0.05) is 24.2 Å². The van der Waals surface area contributed by atoms with Crippen molar-refractivity contribution in [3.8, 4) is 11.4 Å². The molecule has 5 heteroatoms. The molecule has 0 aliphatic carbocycles. The van der Waals surface area contributed by atoms with Gasteiger partial charge in [0.2, 0.25) is 0 Å². The second-order valence-electron chi connectivity index (χ2n) is 6.11. The van der Waals surface area contributed by atoms with E-state index in [1.165, 1.54) is 12.1 Å². The predicted molar refractivity (Wildman–Crippen MR) is 100.0 cm³/mol. The number of aromatic nitrogens is 2. The summed E-state index contributed by atoms with van der Waals surface area (Å²) in [5, 5.41) is 6.61. The van der Waals surface area contributed by atoms with E-state index in [4.69, 9.17) is 0 Å². The van der Waals surface area contributed by atoms with Crippen LogP contribution in [0.25, 0.3) is 11.4 Å². The fourth-order valence-corrected chi connectivity index (χ4v) is 2.42. The van der Waals surface area contributed by atoms with Crippen molar-refractivity contribution in [3.05, 3.63) is 72.0 Å². The average Bonchev–Trinajstić information content (AvgIpc) is 2.61. The van der Waals surface area contributed by atoms with E-state index in [-0.39, 0.29) is 11.9 Å². The van der Waals surface area contributed by atoms with Gasteiger partial charge in [0.25, 0.3) is 0 Å². The molecule has 0 aliphatic heterocycles. The van der Waals surface area contributed by atoms with Crippen LogP contribution in [0.3, 0.4) is 0 Å². The summed E-state index contributed by atoms with van der Waals surface area (Å²) in [7, 11) is 0. The molecular weight excluding hydrogens is 315 g/mol. The zero-order valence-electron chi connectivity index (χ0n) is 14.3. The molecule has 1 heterocycles. The van der Waals surface area contributed by atoms with Crippen molar-refractivity contribution in [2.24, 2.45) is 0 Å². The van der Waals surface area contributed by atoms with E-state index in [0.29, 0.717) is 12.4 Å². The smallest absolute Gasteiger partial charge is 0.163 e. The van der Waals surface area contributed by atoms with Crippen molar-refractivity contribution < 1.29 is 4.39 Å². The molecule has 128 valence electrons. The van der Waals surface area contributed by atoms with Crippen LogP contribution < -0.4 is 10.6 Å². The molecule has 0 radical (unpaired) electrons. The maximum Gasteiger partial charge on any atom is 0.163 e. The lowest BCUT2D eigenvalue weighted by molar-refractivity contribution is 0.627. The molecule has 0 atom stereocenters. The summed E-state index contributed by atoms with van der Waals surface area (Å²) in [6.45, 7) is 4.69. The predicted octanol–water partition coefficient (Wildman–Crippen LogP) is 4.72. The third kappa shape index (κ3) is 4.76. The van der Waals surface area contributed by atoms with Crippen molar-refractivity contribution in [1.29, 1.82) is 0 Å². The fraction of sp³-hybridized carbons (Fsp3) is 0.200. The number of hydrogen-bond donors (Lipinski definition) is 2. The summed E-state index contributed by atoms with van der Waals surface area (Å²) < 4.78 is 13.0. The minimum atomic E-state index is -0.236. The number of rotatable bonds is 6. The van der Waals surface area contributed by atoms with Gasteiger partial charge >= 0.3 is 0 Å². The largest absolute Gasteiger partial charge is 0.368 e. The summed E-state index contributed by atoms with van der Waals surface area (Å²) in [6, 6.07) is 18.4. The Bertz CT molecular complexity index is 817. The first-order chi connectivity index (χ1) is 12.1. The molecule has 0 bridgehead atoms. The Kier molecular flexibility index (Phi) is 5.23. The van der Waals surface area contributed by atoms with Crippen molar-refractivity contribution in [2.75, 3.05) is 10.6 Å². The highest BCUT2D eigenvalue weighted by Gasteiger charge is 2.08. The first kappa shape index (κ1) is 16.9. The Morgan fingerprint density at radius 3 is 2.28 bits per heavy atom. The van der Waals surface area contributed by atoms with E-state index < -0.39 is 0 Å².